The third-order valence-corrected chi connectivity index (χ3v) is 3.54. The molecule has 5 heteroatoms. The van der Waals surface area contributed by atoms with Gasteiger partial charge in [0.2, 0.25) is 0 Å². The number of nitrogens with zero attached hydrogens (tertiary/aromatic N) is 1. The maximum atomic E-state index is 6.03. The molecule has 3 nitrogen and oxygen atoms in total. The van der Waals surface area contributed by atoms with Gasteiger partial charge in [0.25, 0.3) is 0 Å². The number of hydrogen-bond acceptors (Lipinski definition) is 2. The lowest BCUT2D eigenvalue weighted by atomic mass is 10.1. The Morgan fingerprint density at radius 1 is 1.24 bits per heavy atom. The Morgan fingerprint density at radius 2 is 1.95 bits per heavy atom. The number of nitrogens with one attached hydrogen (secondary N) is 1. The molecule has 1 atom stereocenters. The van der Waals surface area contributed by atoms with E-state index in [9.17, 15) is 0 Å². The predicted molar refractivity (Wildman–Crippen MR) is 91.9 cm³/mol. The Kier molecular flexibility index (Phi) is 5.48. The van der Waals surface area contributed by atoms with Crippen LogP contribution in [0.15, 0.2) is 53.5 Å². The molecule has 0 heterocycles. The van der Waals surface area contributed by atoms with Crippen molar-refractivity contribution in [3.63, 3.8) is 0 Å². The van der Waals surface area contributed by atoms with E-state index in [0.29, 0.717) is 16.5 Å². The minimum Gasteiger partial charge on any atom is -0.386 e. The van der Waals surface area contributed by atoms with E-state index in [-0.39, 0.29) is 11.9 Å². The average molecular weight is 322 g/mol. The van der Waals surface area contributed by atoms with Crippen molar-refractivity contribution in [2.75, 3.05) is 11.2 Å². The molecule has 1 unspecified atom stereocenters. The van der Waals surface area contributed by atoms with Crippen LogP contribution in [0.1, 0.15) is 18.5 Å². The van der Waals surface area contributed by atoms with E-state index in [4.69, 9.17) is 28.9 Å². The summed E-state index contributed by atoms with van der Waals surface area (Å²) < 4.78 is 0. The molecule has 0 fully saturated rings. The molecule has 0 aliphatic heterocycles. The van der Waals surface area contributed by atoms with Crippen molar-refractivity contribution < 1.29 is 0 Å². The van der Waals surface area contributed by atoms with Gasteiger partial charge < -0.3 is 11.1 Å². The summed E-state index contributed by atoms with van der Waals surface area (Å²) in [5.74, 6) is 0.537. The molecule has 0 spiro atoms. The van der Waals surface area contributed by atoms with Crippen LogP contribution in [0, 0.1) is 0 Å². The molecule has 0 aliphatic rings. The third-order valence-electron chi connectivity index (χ3n) is 3.03. The molecule has 0 aromatic heterocycles. The number of amidine groups is 1. The molecule has 0 bridgehead atoms. The van der Waals surface area contributed by atoms with Gasteiger partial charge in [-0.1, -0.05) is 41.9 Å². The average Bonchev–Trinajstić information content (AvgIpc) is 2.50. The summed E-state index contributed by atoms with van der Waals surface area (Å²) in [6.07, 6.45) is 0. The van der Waals surface area contributed by atoms with E-state index in [1.54, 1.807) is 6.07 Å². The Hall–Kier alpha value is -1.71. The largest absolute Gasteiger partial charge is 0.386 e. The smallest absolute Gasteiger partial charge is 0.115 e. The van der Waals surface area contributed by atoms with Gasteiger partial charge in [-0.2, -0.15) is 0 Å². The number of alkyl halides is 1. The van der Waals surface area contributed by atoms with Crippen molar-refractivity contribution in [2.45, 2.75) is 13.0 Å². The zero-order chi connectivity index (χ0) is 15.2. The Labute approximate surface area is 134 Å². The van der Waals surface area contributed by atoms with Gasteiger partial charge in [-0.05, 0) is 30.7 Å². The summed E-state index contributed by atoms with van der Waals surface area (Å²) in [4.78, 5) is 4.30. The second-order valence-corrected chi connectivity index (χ2v) is 5.38. The van der Waals surface area contributed by atoms with E-state index in [0.717, 1.165) is 5.69 Å². The monoisotopic (exact) mass is 321 g/mol. The van der Waals surface area contributed by atoms with Gasteiger partial charge in [0.05, 0.1) is 17.3 Å². The van der Waals surface area contributed by atoms with Gasteiger partial charge in [-0.3, -0.25) is 0 Å². The maximum absolute atomic E-state index is 6.03. The van der Waals surface area contributed by atoms with Crippen molar-refractivity contribution in [3.8, 4) is 0 Å². The highest BCUT2D eigenvalue weighted by Crippen LogP contribution is 2.31. The third kappa shape index (κ3) is 4.38. The molecule has 3 N–H and O–H groups in total. The first kappa shape index (κ1) is 15.7. The number of nitrogens with two attached hydrogens (primary N) is 1. The number of anilines is 1. The number of aliphatic imine (C=N–C) groups is 1. The molecule has 21 heavy (non-hydrogen) atoms. The molecular formula is C16H17Cl2N3. The number of rotatable bonds is 5. The minimum absolute atomic E-state index is 0.138. The number of hydrogen-bond donors (Lipinski definition) is 2. The quantitative estimate of drug-likeness (QED) is 0.474. The molecule has 0 amide bonds. The Morgan fingerprint density at radius 3 is 2.62 bits per heavy atom. The molecule has 0 radical (unpaired) electrons. The Bertz CT molecular complexity index is 627. The lowest BCUT2D eigenvalue weighted by molar-refractivity contribution is 0.885. The highest BCUT2D eigenvalue weighted by atomic mass is 35.5. The molecule has 0 saturated heterocycles. The van der Waals surface area contributed by atoms with Crippen molar-refractivity contribution in [2.24, 2.45) is 10.7 Å². The first-order chi connectivity index (χ1) is 10.1. The fourth-order valence-electron chi connectivity index (χ4n) is 1.96. The van der Waals surface area contributed by atoms with E-state index < -0.39 is 0 Å². The SMILES string of the molecule is CC(Nc1ccc(Cl)cc1N=C(N)CCl)c1ccccc1. The second kappa shape index (κ2) is 7.34. The zero-order valence-electron chi connectivity index (χ0n) is 11.7. The van der Waals surface area contributed by atoms with Crippen LogP contribution in [-0.2, 0) is 0 Å². The molecule has 2 aromatic carbocycles. The molecule has 2 aromatic rings. The van der Waals surface area contributed by atoms with Crippen molar-refractivity contribution in [1.82, 2.24) is 0 Å². The van der Waals surface area contributed by atoms with Crippen LogP contribution in [0.25, 0.3) is 0 Å². The van der Waals surface area contributed by atoms with Crippen molar-refractivity contribution in [3.05, 3.63) is 59.1 Å². The van der Waals surface area contributed by atoms with Crippen molar-refractivity contribution in [1.29, 1.82) is 0 Å². The molecule has 110 valence electrons. The molecule has 2 rings (SSSR count). The van der Waals surface area contributed by atoms with E-state index in [2.05, 4.69) is 29.4 Å². The molecular weight excluding hydrogens is 305 g/mol. The van der Waals surface area contributed by atoms with E-state index in [1.807, 2.05) is 30.3 Å². The van der Waals surface area contributed by atoms with Gasteiger partial charge in [-0.25, -0.2) is 4.99 Å². The molecule has 0 aliphatic carbocycles. The summed E-state index contributed by atoms with van der Waals surface area (Å²) in [6, 6.07) is 15.8. The van der Waals surface area contributed by atoms with Crippen molar-refractivity contribution >= 4 is 40.4 Å². The summed E-state index contributed by atoms with van der Waals surface area (Å²) in [5.41, 5.74) is 8.45. The highest BCUT2D eigenvalue weighted by Gasteiger charge is 2.09. The van der Waals surface area contributed by atoms with Crippen LogP contribution in [-0.4, -0.2) is 11.7 Å². The Balaban J connectivity index is 2.27. The van der Waals surface area contributed by atoms with Crippen LogP contribution in [0.3, 0.4) is 0 Å². The van der Waals surface area contributed by atoms with E-state index >= 15 is 0 Å². The molecule has 0 saturated carbocycles. The fourth-order valence-corrected chi connectivity index (χ4v) is 2.19. The summed E-state index contributed by atoms with van der Waals surface area (Å²) in [5, 5.41) is 4.02. The number of benzene rings is 2. The van der Waals surface area contributed by atoms with Crippen LogP contribution in [0.5, 0.6) is 0 Å². The first-order valence-corrected chi connectivity index (χ1v) is 7.51. The summed E-state index contributed by atoms with van der Waals surface area (Å²) in [6.45, 7) is 2.09. The van der Waals surface area contributed by atoms with Gasteiger partial charge >= 0.3 is 0 Å². The van der Waals surface area contributed by atoms with Crippen LogP contribution < -0.4 is 11.1 Å². The first-order valence-electron chi connectivity index (χ1n) is 6.60. The maximum Gasteiger partial charge on any atom is 0.115 e. The van der Waals surface area contributed by atoms with Crippen LogP contribution >= 0.6 is 23.2 Å². The fraction of sp³-hybridized carbons (Fsp3) is 0.188. The second-order valence-electron chi connectivity index (χ2n) is 4.67. The minimum atomic E-state index is 0.138. The predicted octanol–water partition coefficient (Wildman–Crippen LogP) is 4.74. The zero-order valence-corrected chi connectivity index (χ0v) is 13.2. The summed E-state index contributed by atoms with van der Waals surface area (Å²) in [7, 11) is 0. The van der Waals surface area contributed by atoms with Gasteiger partial charge in [0, 0.05) is 11.1 Å². The number of halogens is 2. The van der Waals surface area contributed by atoms with Gasteiger partial charge in [0.15, 0.2) is 0 Å². The van der Waals surface area contributed by atoms with Gasteiger partial charge in [-0.15, -0.1) is 11.6 Å². The lowest BCUT2D eigenvalue weighted by Crippen LogP contribution is -2.13. The van der Waals surface area contributed by atoms with Gasteiger partial charge in [0.1, 0.15) is 5.84 Å². The standard InChI is InChI=1S/C16H17Cl2N3/c1-11(12-5-3-2-4-6-12)20-14-8-7-13(18)9-15(14)21-16(19)10-17/h2-9,11,20H,10H2,1H3,(H2,19,21). The van der Waals surface area contributed by atoms with Crippen LogP contribution in [0.2, 0.25) is 5.02 Å². The lowest BCUT2D eigenvalue weighted by Gasteiger charge is -2.17. The normalized spacial score (nSPS) is 13.0. The van der Waals surface area contributed by atoms with E-state index in [1.165, 1.54) is 5.56 Å². The summed E-state index contributed by atoms with van der Waals surface area (Å²) >= 11 is 11.7. The highest BCUT2D eigenvalue weighted by molar-refractivity contribution is 6.31. The van der Waals surface area contributed by atoms with Crippen LogP contribution in [0.4, 0.5) is 11.4 Å². The topological polar surface area (TPSA) is 50.4 Å².